The molecule has 0 aromatic carbocycles. The Morgan fingerprint density at radius 3 is 1.92 bits per heavy atom. The molecule has 2 nitrogen and oxygen atoms in total. The largest absolute Gasteiger partial charge is 0.227 e. The van der Waals surface area contributed by atoms with E-state index in [1.165, 1.54) is 0 Å². The minimum atomic E-state index is 0.607. The molecule has 0 saturated carbocycles. The van der Waals surface area contributed by atoms with Gasteiger partial charge in [-0.15, -0.1) is 11.3 Å². The first kappa shape index (κ1) is 10.4. The molecule has 0 fully saturated rings. The van der Waals surface area contributed by atoms with Crippen LogP contribution in [0, 0.1) is 0 Å². The van der Waals surface area contributed by atoms with Crippen molar-refractivity contribution in [1.29, 1.82) is 0 Å². The van der Waals surface area contributed by atoms with Crippen LogP contribution in [0.3, 0.4) is 0 Å². The molecule has 0 saturated heterocycles. The van der Waals surface area contributed by atoms with E-state index in [2.05, 4.69) is 44.7 Å². The molecule has 0 amide bonds. The predicted molar refractivity (Wildman–Crippen MR) is 61.8 cm³/mol. The van der Waals surface area contributed by atoms with Gasteiger partial charge in [-0.3, -0.25) is 0 Å². The van der Waals surface area contributed by atoms with Crippen LogP contribution in [-0.4, -0.2) is 10.3 Å². The van der Waals surface area contributed by atoms with Crippen molar-refractivity contribution >= 4 is 46.1 Å². The van der Waals surface area contributed by atoms with Crippen LogP contribution in [0.15, 0.2) is 22.1 Å². The minimum absolute atomic E-state index is 0.607. The Balaban J connectivity index is 2.62. The van der Waals surface area contributed by atoms with E-state index in [-0.39, 0.29) is 0 Å². The Morgan fingerprint density at radius 1 is 1.08 bits per heavy atom. The smallest absolute Gasteiger partial charge is 0.0836 e. The Labute approximate surface area is 91.0 Å². The Bertz CT molecular complexity index is 336. The number of thiocarbonyl (C=S) groups is 2. The lowest BCUT2D eigenvalue weighted by Crippen LogP contribution is -1.71. The summed E-state index contributed by atoms with van der Waals surface area (Å²) >= 11 is 10.6. The second-order valence-corrected chi connectivity index (χ2v) is 3.80. The van der Waals surface area contributed by atoms with Gasteiger partial charge in [-0.05, 0) is 36.6 Å². The van der Waals surface area contributed by atoms with E-state index in [1.54, 1.807) is 11.3 Å². The molecular formula is C8H6N2S3. The fourth-order valence-corrected chi connectivity index (χ4v) is 1.81. The van der Waals surface area contributed by atoms with Gasteiger partial charge in [0.25, 0.3) is 0 Å². The van der Waals surface area contributed by atoms with Crippen LogP contribution in [0.2, 0.25) is 0 Å². The van der Waals surface area contributed by atoms with E-state index in [0.29, 0.717) is 13.1 Å². The molecule has 66 valence electrons. The minimum Gasteiger partial charge on any atom is -0.227 e. The second-order valence-electron chi connectivity index (χ2n) is 2.18. The molecule has 0 aliphatic carbocycles. The molecule has 0 atom stereocenters. The summed E-state index contributed by atoms with van der Waals surface area (Å²) in [5, 5.41) is 4.66. The number of rotatable bonds is 4. The van der Waals surface area contributed by atoms with Crippen LogP contribution in [0.4, 0.5) is 0 Å². The maximum Gasteiger partial charge on any atom is 0.0836 e. The zero-order valence-electron chi connectivity index (χ0n) is 6.69. The summed E-state index contributed by atoms with van der Waals surface area (Å²) in [7, 11) is 0. The summed E-state index contributed by atoms with van der Waals surface area (Å²) in [6.45, 7) is 1.21. The fraction of sp³-hybridized carbons (Fsp3) is 0.250. The van der Waals surface area contributed by atoms with E-state index >= 15 is 0 Å². The van der Waals surface area contributed by atoms with Crippen molar-refractivity contribution in [1.82, 2.24) is 0 Å². The van der Waals surface area contributed by atoms with Crippen LogP contribution in [0.1, 0.15) is 9.75 Å². The van der Waals surface area contributed by atoms with E-state index in [4.69, 9.17) is 0 Å². The quantitative estimate of drug-likeness (QED) is 0.582. The highest BCUT2D eigenvalue weighted by Crippen LogP contribution is 2.17. The van der Waals surface area contributed by atoms with Crippen LogP contribution in [0.5, 0.6) is 0 Å². The predicted octanol–water partition coefficient (Wildman–Crippen LogP) is 2.95. The molecule has 0 unspecified atom stereocenters. The summed E-state index contributed by atoms with van der Waals surface area (Å²) in [5.74, 6) is 0. The summed E-state index contributed by atoms with van der Waals surface area (Å²) in [6, 6.07) is 4.02. The van der Waals surface area contributed by atoms with Gasteiger partial charge in [0, 0.05) is 9.75 Å². The van der Waals surface area contributed by atoms with Crippen LogP contribution >= 0.6 is 35.8 Å². The molecule has 0 spiro atoms. The molecule has 5 heteroatoms. The molecule has 1 rings (SSSR count). The molecule has 13 heavy (non-hydrogen) atoms. The summed E-state index contributed by atoms with van der Waals surface area (Å²) in [5.41, 5.74) is 0. The van der Waals surface area contributed by atoms with Crippen LogP contribution in [0.25, 0.3) is 0 Å². The first-order chi connectivity index (χ1) is 6.36. The van der Waals surface area contributed by atoms with Crippen molar-refractivity contribution in [3.63, 3.8) is 0 Å². The van der Waals surface area contributed by atoms with E-state index in [9.17, 15) is 0 Å². The highest BCUT2D eigenvalue weighted by atomic mass is 32.1. The standard InChI is InChI=1S/C8H6N2S3/c11-5-9-3-7-1-2-8(13-7)4-10-6-12/h1-2H,3-4H2. The SMILES string of the molecule is S=C=NCc1ccc(CN=C=S)s1. The summed E-state index contributed by atoms with van der Waals surface area (Å²) < 4.78 is 0. The zero-order chi connectivity index (χ0) is 9.52. The van der Waals surface area contributed by atoms with Crippen molar-refractivity contribution in [3.8, 4) is 0 Å². The van der Waals surface area contributed by atoms with Crippen molar-refractivity contribution in [2.45, 2.75) is 13.1 Å². The highest BCUT2D eigenvalue weighted by molar-refractivity contribution is 7.78. The number of hydrogen-bond acceptors (Lipinski definition) is 5. The number of nitrogens with zero attached hydrogens (tertiary/aromatic N) is 2. The molecule has 1 aromatic rings. The van der Waals surface area contributed by atoms with Gasteiger partial charge in [-0.2, -0.15) is 0 Å². The Kier molecular flexibility index (Phi) is 4.68. The third-order valence-electron chi connectivity index (χ3n) is 1.32. The molecule has 0 aliphatic heterocycles. The maximum absolute atomic E-state index is 4.47. The molecule has 0 aliphatic rings. The van der Waals surface area contributed by atoms with Gasteiger partial charge >= 0.3 is 0 Å². The number of isothiocyanates is 2. The van der Waals surface area contributed by atoms with Crippen molar-refractivity contribution in [2.24, 2.45) is 9.98 Å². The molecule has 0 bridgehead atoms. The van der Waals surface area contributed by atoms with Gasteiger partial charge in [-0.1, -0.05) is 0 Å². The average Bonchev–Trinajstić information content (AvgIpc) is 2.59. The van der Waals surface area contributed by atoms with Gasteiger partial charge in [0.05, 0.1) is 23.4 Å². The third kappa shape index (κ3) is 3.68. The third-order valence-corrected chi connectivity index (χ3v) is 2.63. The van der Waals surface area contributed by atoms with Crippen molar-refractivity contribution in [2.75, 3.05) is 0 Å². The number of thiophene rings is 1. The number of aliphatic imine (C=N–C) groups is 2. The summed E-state index contributed by atoms with van der Waals surface area (Å²) in [6.07, 6.45) is 0. The van der Waals surface area contributed by atoms with Crippen molar-refractivity contribution < 1.29 is 0 Å². The van der Waals surface area contributed by atoms with Gasteiger partial charge in [0.1, 0.15) is 0 Å². The first-order valence-electron chi connectivity index (χ1n) is 3.51. The lowest BCUT2D eigenvalue weighted by atomic mass is 10.4. The number of hydrogen-bond donors (Lipinski definition) is 0. The lowest BCUT2D eigenvalue weighted by Gasteiger charge is -1.85. The molecule has 1 heterocycles. The van der Waals surface area contributed by atoms with E-state index < -0.39 is 0 Å². The molecule has 0 radical (unpaired) electrons. The van der Waals surface area contributed by atoms with Crippen LogP contribution < -0.4 is 0 Å². The first-order valence-corrected chi connectivity index (χ1v) is 5.15. The molecule has 0 N–H and O–H groups in total. The molecule has 1 aromatic heterocycles. The van der Waals surface area contributed by atoms with E-state index in [1.807, 2.05) is 12.1 Å². The second kappa shape index (κ2) is 5.86. The van der Waals surface area contributed by atoms with Gasteiger partial charge < -0.3 is 0 Å². The Hall–Kier alpha value is -0.700. The molecular weight excluding hydrogens is 220 g/mol. The van der Waals surface area contributed by atoms with Gasteiger partial charge in [-0.25, -0.2) is 9.98 Å². The van der Waals surface area contributed by atoms with Crippen LogP contribution in [-0.2, 0) is 13.1 Å². The van der Waals surface area contributed by atoms with Gasteiger partial charge in [0.2, 0.25) is 0 Å². The normalized spacial score (nSPS) is 8.62. The maximum atomic E-state index is 4.47. The summed E-state index contributed by atoms with van der Waals surface area (Å²) in [4.78, 5) is 10.0. The topological polar surface area (TPSA) is 24.7 Å². The highest BCUT2D eigenvalue weighted by Gasteiger charge is 1.97. The average molecular weight is 226 g/mol. The lowest BCUT2D eigenvalue weighted by molar-refractivity contribution is 1.12. The zero-order valence-corrected chi connectivity index (χ0v) is 9.14. The monoisotopic (exact) mass is 226 g/mol. The van der Waals surface area contributed by atoms with E-state index in [0.717, 1.165) is 9.75 Å². The van der Waals surface area contributed by atoms with Gasteiger partial charge in [0.15, 0.2) is 0 Å². The fourth-order valence-electron chi connectivity index (χ4n) is 0.813. The Morgan fingerprint density at radius 2 is 1.54 bits per heavy atom. The van der Waals surface area contributed by atoms with Crippen molar-refractivity contribution in [3.05, 3.63) is 21.9 Å².